The van der Waals surface area contributed by atoms with E-state index in [0.717, 1.165) is 55.6 Å². The molecule has 148 valence electrons. The fourth-order valence-corrected chi connectivity index (χ4v) is 4.32. The summed E-state index contributed by atoms with van der Waals surface area (Å²) in [5.41, 5.74) is 2.39. The lowest BCUT2D eigenvalue weighted by molar-refractivity contribution is 0.198. The van der Waals surface area contributed by atoms with Crippen LogP contribution in [0.2, 0.25) is 0 Å². The first kappa shape index (κ1) is 19.0. The van der Waals surface area contributed by atoms with Gasteiger partial charge in [0.25, 0.3) is 0 Å². The van der Waals surface area contributed by atoms with Gasteiger partial charge in [-0.05, 0) is 25.3 Å². The van der Waals surface area contributed by atoms with Crippen LogP contribution in [0, 0.1) is 0 Å². The van der Waals surface area contributed by atoms with Crippen molar-refractivity contribution >= 4 is 22.3 Å². The predicted molar refractivity (Wildman–Crippen MR) is 116 cm³/mol. The van der Waals surface area contributed by atoms with Gasteiger partial charge in [0, 0.05) is 50.0 Å². The van der Waals surface area contributed by atoms with Crippen molar-refractivity contribution in [2.75, 3.05) is 19.6 Å². The highest BCUT2D eigenvalue weighted by Crippen LogP contribution is 2.14. The number of hydrogen-bond donors (Lipinski definition) is 2. The van der Waals surface area contributed by atoms with Crippen LogP contribution in [-0.4, -0.2) is 45.9 Å². The highest BCUT2D eigenvalue weighted by atomic mass is 32.1. The Morgan fingerprint density at radius 3 is 2.82 bits per heavy atom. The third-order valence-electron chi connectivity index (χ3n) is 5.06. The fourth-order valence-electron chi connectivity index (χ4n) is 3.60. The van der Waals surface area contributed by atoms with E-state index in [-0.39, 0.29) is 0 Å². The summed E-state index contributed by atoms with van der Waals surface area (Å²) in [4.78, 5) is 12.9. The van der Waals surface area contributed by atoms with E-state index in [4.69, 9.17) is 4.99 Å². The summed E-state index contributed by atoms with van der Waals surface area (Å²) in [6, 6.07) is 11.2. The lowest BCUT2D eigenvalue weighted by Crippen LogP contribution is -2.48. The van der Waals surface area contributed by atoms with E-state index in [1.54, 1.807) is 11.3 Å². The highest BCUT2D eigenvalue weighted by Gasteiger charge is 2.20. The molecule has 28 heavy (non-hydrogen) atoms. The van der Waals surface area contributed by atoms with Crippen LogP contribution in [0.4, 0.5) is 0 Å². The number of nitrogens with one attached hydrogen (secondary N) is 2. The number of hydrogen-bond acceptors (Lipinski definition) is 4. The van der Waals surface area contributed by atoms with Crippen LogP contribution in [0.25, 0.3) is 4.96 Å². The molecule has 0 aliphatic carbocycles. The van der Waals surface area contributed by atoms with Gasteiger partial charge in [0.05, 0.1) is 12.2 Å². The molecule has 0 radical (unpaired) electrons. The van der Waals surface area contributed by atoms with Gasteiger partial charge in [-0.15, -0.1) is 11.3 Å². The highest BCUT2D eigenvalue weighted by molar-refractivity contribution is 7.15. The van der Waals surface area contributed by atoms with Gasteiger partial charge in [-0.3, -0.25) is 9.30 Å². The molecule has 1 aliphatic rings. The van der Waals surface area contributed by atoms with Crippen LogP contribution in [0.15, 0.2) is 53.1 Å². The molecule has 0 amide bonds. The van der Waals surface area contributed by atoms with E-state index in [2.05, 4.69) is 68.4 Å². The second-order valence-electron chi connectivity index (χ2n) is 7.20. The number of imidazole rings is 1. The molecule has 1 fully saturated rings. The Kier molecular flexibility index (Phi) is 6.24. The first-order chi connectivity index (χ1) is 13.8. The zero-order chi connectivity index (χ0) is 19.2. The molecule has 0 unspecified atom stereocenters. The predicted octanol–water partition coefficient (Wildman–Crippen LogP) is 3.12. The van der Waals surface area contributed by atoms with Crippen molar-refractivity contribution in [3.8, 4) is 0 Å². The van der Waals surface area contributed by atoms with Crippen molar-refractivity contribution in [1.29, 1.82) is 0 Å². The molecule has 1 aromatic carbocycles. The molecule has 0 spiro atoms. The molecule has 4 rings (SSSR count). The number of guanidine groups is 1. The second-order valence-corrected chi connectivity index (χ2v) is 8.07. The lowest BCUT2D eigenvalue weighted by Gasteiger charge is -2.33. The summed E-state index contributed by atoms with van der Waals surface area (Å²) >= 11 is 1.65. The third-order valence-corrected chi connectivity index (χ3v) is 5.83. The minimum Gasteiger partial charge on any atom is -0.357 e. The Bertz CT molecular complexity index is 863. The van der Waals surface area contributed by atoms with Crippen molar-refractivity contribution in [1.82, 2.24) is 24.9 Å². The molecule has 3 aromatic rings. The molecule has 7 heteroatoms. The molecular formula is C21H28N6S. The number of nitrogens with zero attached hydrogens (tertiary/aromatic N) is 4. The molecule has 2 aromatic heterocycles. The first-order valence-electron chi connectivity index (χ1n) is 10.0. The largest absolute Gasteiger partial charge is 0.357 e. The van der Waals surface area contributed by atoms with Crippen molar-refractivity contribution in [3.63, 3.8) is 0 Å². The summed E-state index contributed by atoms with van der Waals surface area (Å²) in [5.74, 6) is 0.889. The monoisotopic (exact) mass is 396 g/mol. The average molecular weight is 397 g/mol. The molecule has 1 aliphatic heterocycles. The van der Waals surface area contributed by atoms with Crippen LogP contribution in [0.3, 0.4) is 0 Å². The van der Waals surface area contributed by atoms with Crippen molar-refractivity contribution < 1.29 is 0 Å². The van der Waals surface area contributed by atoms with E-state index < -0.39 is 0 Å². The fraction of sp³-hybridized carbons (Fsp3) is 0.429. The number of rotatable bonds is 6. The number of fused-ring (bicyclic) bond motifs is 1. The normalized spacial score (nSPS) is 16.5. The molecule has 0 bridgehead atoms. The van der Waals surface area contributed by atoms with Crippen LogP contribution < -0.4 is 10.6 Å². The molecule has 2 N–H and O–H groups in total. The maximum absolute atomic E-state index is 4.75. The minimum atomic E-state index is 0.468. The minimum absolute atomic E-state index is 0.468. The maximum atomic E-state index is 4.75. The summed E-state index contributed by atoms with van der Waals surface area (Å²) in [7, 11) is 0. The maximum Gasteiger partial charge on any atom is 0.193 e. The Hall–Kier alpha value is -2.38. The Labute approximate surface area is 170 Å². The topological polar surface area (TPSA) is 57.0 Å². The summed E-state index contributed by atoms with van der Waals surface area (Å²) < 4.78 is 2.05. The van der Waals surface area contributed by atoms with Gasteiger partial charge in [0.1, 0.15) is 0 Å². The van der Waals surface area contributed by atoms with Crippen LogP contribution >= 0.6 is 11.3 Å². The van der Waals surface area contributed by atoms with Crippen LogP contribution in [0.5, 0.6) is 0 Å². The van der Waals surface area contributed by atoms with Gasteiger partial charge in [-0.1, -0.05) is 30.3 Å². The molecule has 0 saturated carbocycles. The SMILES string of the molecule is CCNC(=NCc1cn2ccsc2n1)NC1CCN(Cc2ccccc2)CC1. The van der Waals surface area contributed by atoms with Gasteiger partial charge in [0.2, 0.25) is 0 Å². The number of piperidine rings is 1. The van der Waals surface area contributed by atoms with Crippen molar-refractivity contribution in [2.45, 2.75) is 38.9 Å². The van der Waals surface area contributed by atoms with E-state index in [1.165, 1.54) is 5.56 Å². The van der Waals surface area contributed by atoms with E-state index in [1.807, 2.05) is 11.6 Å². The Morgan fingerprint density at radius 2 is 2.07 bits per heavy atom. The van der Waals surface area contributed by atoms with Gasteiger partial charge in [0.15, 0.2) is 10.9 Å². The molecule has 0 atom stereocenters. The quantitative estimate of drug-likeness (QED) is 0.497. The molecule has 3 heterocycles. The average Bonchev–Trinajstić information content (AvgIpc) is 3.30. The van der Waals surface area contributed by atoms with Gasteiger partial charge in [-0.25, -0.2) is 9.98 Å². The number of thiazole rings is 1. The van der Waals surface area contributed by atoms with Crippen LogP contribution in [0.1, 0.15) is 31.0 Å². The summed E-state index contributed by atoms with van der Waals surface area (Å²) in [6.07, 6.45) is 6.36. The standard InChI is InChI=1S/C21H28N6S/c1-2-22-20(23-14-19-16-27-12-13-28-21(27)25-19)24-18-8-10-26(11-9-18)15-17-6-4-3-5-7-17/h3-7,12-13,16,18H,2,8-11,14-15H2,1H3,(H2,22,23,24). The first-order valence-corrected chi connectivity index (χ1v) is 10.9. The number of benzene rings is 1. The Morgan fingerprint density at radius 1 is 1.25 bits per heavy atom. The smallest absolute Gasteiger partial charge is 0.193 e. The third kappa shape index (κ3) is 4.91. The summed E-state index contributed by atoms with van der Waals surface area (Å²) in [6.45, 7) is 6.82. The second kappa shape index (κ2) is 9.21. The lowest BCUT2D eigenvalue weighted by atomic mass is 10.0. The number of aliphatic imine (C=N–C) groups is 1. The van der Waals surface area contributed by atoms with E-state index in [9.17, 15) is 0 Å². The van der Waals surface area contributed by atoms with E-state index >= 15 is 0 Å². The zero-order valence-corrected chi connectivity index (χ0v) is 17.2. The van der Waals surface area contributed by atoms with Crippen molar-refractivity contribution in [3.05, 3.63) is 59.4 Å². The van der Waals surface area contributed by atoms with Crippen LogP contribution in [-0.2, 0) is 13.1 Å². The number of likely N-dealkylation sites (tertiary alicyclic amines) is 1. The van der Waals surface area contributed by atoms with Crippen molar-refractivity contribution in [2.24, 2.45) is 4.99 Å². The van der Waals surface area contributed by atoms with Gasteiger partial charge >= 0.3 is 0 Å². The van der Waals surface area contributed by atoms with Gasteiger partial charge < -0.3 is 10.6 Å². The zero-order valence-electron chi connectivity index (χ0n) is 16.3. The number of aromatic nitrogens is 2. The molecular weight excluding hydrogens is 368 g/mol. The molecule has 6 nitrogen and oxygen atoms in total. The summed E-state index contributed by atoms with van der Waals surface area (Å²) in [5, 5.41) is 9.04. The van der Waals surface area contributed by atoms with Gasteiger partial charge in [-0.2, -0.15) is 0 Å². The Balaban J connectivity index is 1.29. The van der Waals surface area contributed by atoms with E-state index in [0.29, 0.717) is 12.6 Å². The molecule has 1 saturated heterocycles.